The highest BCUT2D eigenvalue weighted by molar-refractivity contribution is 9.10. The summed E-state index contributed by atoms with van der Waals surface area (Å²) < 4.78 is 36.5. The van der Waals surface area contributed by atoms with Gasteiger partial charge in [-0.3, -0.25) is 4.79 Å². The van der Waals surface area contributed by atoms with Crippen molar-refractivity contribution in [3.8, 4) is 11.5 Å². The van der Waals surface area contributed by atoms with E-state index in [1.807, 2.05) is 0 Å². The first-order chi connectivity index (χ1) is 15.7. The fraction of sp³-hybridized carbons (Fsp3) is 0.0909. The molecule has 0 aliphatic carbocycles. The number of rotatable bonds is 8. The Morgan fingerprint density at radius 3 is 2.48 bits per heavy atom. The van der Waals surface area contributed by atoms with Crippen molar-refractivity contribution in [2.24, 2.45) is 5.10 Å². The van der Waals surface area contributed by atoms with Crippen LogP contribution >= 0.6 is 39.1 Å². The van der Waals surface area contributed by atoms with Gasteiger partial charge in [-0.1, -0.05) is 41.4 Å². The molecule has 0 atom stereocenters. The average Bonchev–Trinajstić information content (AvgIpc) is 2.78. The minimum atomic E-state index is -4.08. The molecule has 3 aromatic rings. The molecule has 0 saturated heterocycles. The van der Waals surface area contributed by atoms with Crippen molar-refractivity contribution in [1.29, 1.82) is 0 Å². The predicted octanol–water partition coefficient (Wildman–Crippen LogP) is 5.69. The summed E-state index contributed by atoms with van der Waals surface area (Å²) in [4.78, 5) is 12.2. The van der Waals surface area contributed by atoms with E-state index in [1.165, 1.54) is 36.5 Å². The van der Waals surface area contributed by atoms with E-state index >= 15 is 0 Å². The van der Waals surface area contributed by atoms with Crippen LogP contribution in [-0.2, 0) is 10.1 Å². The van der Waals surface area contributed by atoms with Gasteiger partial charge in [-0.2, -0.15) is 13.5 Å². The number of carbonyl (C=O) groups excluding carboxylic acids is 1. The van der Waals surface area contributed by atoms with Crippen LogP contribution in [0, 0.1) is 0 Å². The maximum absolute atomic E-state index is 12.6. The fourth-order valence-electron chi connectivity index (χ4n) is 2.62. The van der Waals surface area contributed by atoms with Crippen LogP contribution < -0.4 is 14.3 Å². The molecule has 0 saturated carbocycles. The fourth-order valence-corrected chi connectivity index (χ4v) is 4.54. The summed E-state index contributed by atoms with van der Waals surface area (Å²) in [5, 5.41) is 4.51. The number of hydrogen-bond acceptors (Lipinski definition) is 6. The molecule has 0 unspecified atom stereocenters. The minimum absolute atomic E-state index is 0.00213. The maximum atomic E-state index is 12.6. The Morgan fingerprint density at radius 2 is 1.82 bits per heavy atom. The summed E-state index contributed by atoms with van der Waals surface area (Å²) in [5.74, 6) is -0.302. The number of hydrogen-bond donors (Lipinski definition) is 1. The number of benzene rings is 3. The second-order valence-electron chi connectivity index (χ2n) is 6.44. The van der Waals surface area contributed by atoms with Gasteiger partial charge in [-0.05, 0) is 70.9 Å². The summed E-state index contributed by atoms with van der Waals surface area (Å²) in [6, 6.07) is 15.3. The highest BCUT2D eigenvalue weighted by Crippen LogP contribution is 2.38. The van der Waals surface area contributed by atoms with E-state index < -0.39 is 16.0 Å². The lowest BCUT2D eigenvalue weighted by Crippen LogP contribution is -2.17. The van der Waals surface area contributed by atoms with Gasteiger partial charge in [0.15, 0.2) is 11.5 Å². The van der Waals surface area contributed by atoms with Crippen molar-refractivity contribution in [3.05, 3.63) is 86.3 Å². The zero-order valence-electron chi connectivity index (χ0n) is 17.1. The van der Waals surface area contributed by atoms with E-state index in [4.69, 9.17) is 32.1 Å². The first-order valence-electron chi connectivity index (χ1n) is 9.45. The molecule has 3 aromatic carbocycles. The molecule has 0 spiro atoms. The van der Waals surface area contributed by atoms with Crippen LogP contribution in [0.5, 0.6) is 11.5 Å². The summed E-state index contributed by atoms with van der Waals surface area (Å²) >= 11 is 15.1. The zero-order valence-corrected chi connectivity index (χ0v) is 21.0. The summed E-state index contributed by atoms with van der Waals surface area (Å²) in [6.45, 7) is 2.02. The normalized spacial score (nSPS) is 11.4. The smallest absolute Gasteiger partial charge is 0.339 e. The summed E-state index contributed by atoms with van der Waals surface area (Å²) in [5.41, 5.74) is 3.19. The number of halogens is 3. The third-order valence-electron chi connectivity index (χ3n) is 4.12. The first kappa shape index (κ1) is 25.0. The first-order valence-corrected chi connectivity index (χ1v) is 12.4. The molecule has 0 aliphatic rings. The average molecular weight is 572 g/mol. The lowest BCUT2D eigenvalue weighted by Gasteiger charge is -2.14. The molecular formula is C22H17BrCl2N2O5S. The van der Waals surface area contributed by atoms with Gasteiger partial charge in [0.1, 0.15) is 4.90 Å². The predicted molar refractivity (Wildman–Crippen MR) is 131 cm³/mol. The zero-order chi connectivity index (χ0) is 24.0. The molecule has 0 bridgehead atoms. The lowest BCUT2D eigenvalue weighted by atomic mass is 10.2. The van der Waals surface area contributed by atoms with Gasteiger partial charge in [0.05, 0.1) is 27.3 Å². The van der Waals surface area contributed by atoms with Gasteiger partial charge >= 0.3 is 10.1 Å². The van der Waals surface area contributed by atoms with E-state index in [2.05, 4.69) is 26.5 Å². The van der Waals surface area contributed by atoms with Crippen molar-refractivity contribution >= 4 is 61.4 Å². The Labute approximate surface area is 209 Å². The molecule has 0 radical (unpaired) electrons. The van der Waals surface area contributed by atoms with Crippen LogP contribution in [0.2, 0.25) is 10.0 Å². The molecule has 0 aliphatic heterocycles. The lowest BCUT2D eigenvalue weighted by molar-refractivity contribution is 0.0955. The Kier molecular flexibility index (Phi) is 8.36. The van der Waals surface area contributed by atoms with E-state index in [1.54, 1.807) is 37.3 Å². The Hall–Kier alpha value is -2.59. The molecule has 7 nitrogen and oxygen atoms in total. The molecule has 33 heavy (non-hydrogen) atoms. The van der Waals surface area contributed by atoms with E-state index in [-0.39, 0.29) is 33.6 Å². The highest BCUT2D eigenvalue weighted by Gasteiger charge is 2.22. The number of nitrogens with zero attached hydrogens (tertiary/aromatic N) is 1. The monoisotopic (exact) mass is 570 g/mol. The summed E-state index contributed by atoms with van der Waals surface area (Å²) in [6.07, 6.45) is 1.37. The summed E-state index contributed by atoms with van der Waals surface area (Å²) in [7, 11) is -4.08. The van der Waals surface area contributed by atoms with Crippen LogP contribution in [0.15, 0.2) is 75.1 Å². The van der Waals surface area contributed by atoms with Gasteiger partial charge in [-0.25, -0.2) is 5.43 Å². The maximum Gasteiger partial charge on any atom is 0.339 e. The molecule has 11 heteroatoms. The molecule has 3 rings (SSSR count). The quantitative estimate of drug-likeness (QED) is 0.213. The van der Waals surface area contributed by atoms with E-state index in [0.717, 1.165) is 0 Å². The molecule has 172 valence electrons. The number of hydrazone groups is 1. The number of nitrogens with one attached hydrogen (secondary N) is 1. The molecule has 1 amide bonds. The van der Waals surface area contributed by atoms with Crippen molar-refractivity contribution < 1.29 is 22.1 Å². The number of ether oxygens (including phenoxy) is 1. The standard InChI is InChI=1S/C22H17BrCl2N2O5S/c1-2-31-20-11-14(13-26-27-22(28)15-8-9-18(24)19(25)12-15)10-17(23)21(20)32-33(29,30)16-6-4-3-5-7-16/h3-13H,2H2,1H3,(H,27,28)/b26-13-. The molecule has 1 N–H and O–H groups in total. The third-order valence-corrected chi connectivity index (χ3v) is 6.68. The van der Waals surface area contributed by atoms with Crippen LogP contribution in [0.1, 0.15) is 22.8 Å². The number of amides is 1. The van der Waals surface area contributed by atoms with Gasteiger partial charge in [0, 0.05) is 5.56 Å². The molecule has 0 heterocycles. The van der Waals surface area contributed by atoms with Crippen LogP contribution in [-0.4, -0.2) is 27.1 Å². The Bertz CT molecular complexity index is 1300. The Balaban J connectivity index is 1.81. The SMILES string of the molecule is CCOc1cc(/C=N\NC(=O)c2ccc(Cl)c(Cl)c2)cc(Br)c1OS(=O)(=O)c1ccccc1. The van der Waals surface area contributed by atoms with Gasteiger partial charge < -0.3 is 8.92 Å². The van der Waals surface area contributed by atoms with Gasteiger partial charge in [0.2, 0.25) is 0 Å². The van der Waals surface area contributed by atoms with Crippen LogP contribution in [0.4, 0.5) is 0 Å². The molecular weight excluding hydrogens is 555 g/mol. The number of carbonyl (C=O) groups is 1. The topological polar surface area (TPSA) is 94.1 Å². The van der Waals surface area contributed by atoms with Gasteiger partial charge in [-0.15, -0.1) is 0 Å². The Morgan fingerprint density at radius 1 is 1.09 bits per heavy atom. The van der Waals surface area contributed by atoms with Crippen molar-refractivity contribution in [2.75, 3.05) is 6.61 Å². The second kappa shape index (κ2) is 11.0. The van der Waals surface area contributed by atoms with Crippen LogP contribution in [0.3, 0.4) is 0 Å². The van der Waals surface area contributed by atoms with E-state index in [9.17, 15) is 13.2 Å². The largest absolute Gasteiger partial charge is 0.490 e. The highest BCUT2D eigenvalue weighted by atomic mass is 79.9. The van der Waals surface area contributed by atoms with Crippen molar-refractivity contribution in [1.82, 2.24) is 5.43 Å². The van der Waals surface area contributed by atoms with Gasteiger partial charge in [0.25, 0.3) is 5.91 Å². The molecule has 0 fully saturated rings. The molecule has 0 aromatic heterocycles. The van der Waals surface area contributed by atoms with Crippen molar-refractivity contribution in [2.45, 2.75) is 11.8 Å². The van der Waals surface area contributed by atoms with E-state index in [0.29, 0.717) is 15.1 Å². The minimum Gasteiger partial charge on any atom is -0.490 e. The van der Waals surface area contributed by atoms with Crippen molar-refractivity contribution in [3.63, 3.8) is 0 Å². The second-order valence-corrected chi connectivity index (χ2v) is 9.66. The third kappa shape index (κ3) is 6.48. The van der Waals surface area contributed by atoms with Crippen LogP contribution in [0.25, 0.3) is 0 Å².